The zero-order chi connectivity index (χ0) is 18.1. The summed E-state index contributed by atoms with van der Waals surface area (Å²) in [5.41, 5.74) is 7.60. The molecule has 3 rings (SSSR count). The summed E-state index contributed by atoms with van der Waals surface area (Å²) in [4.78, 5) is 16.8. The first-order valence-corrected chi connectivity index (χ1v) is 10.6. The number of nitrogens with two attached hydrogens (primary N) is 1. The van der Waals surface area contributed by atoms with Crippen LogP contribution in [0.25, 0.3) is 0 Å². The highest BCUT2D eigenvalue weighted by molar-refractivity contribution is 7.91. The predicted octanol–water partition coefficient (Wildman–Crippen LogP) is 0.728. The van der Waals surface area contributed by atoms with Crippen LogP contribution in [0.4, 0.5) is 0 Å². The van der Waals surface area contributed by atoms with Crippen LogP contribution in [0.3, 0.4) is 0 Å². The first-order valence-electron chi connectivity index (χ1n) is 8.81. The average Bonchev–Trinajstić information content (AvgIpc) is 2.99. The minimum Gasteiger partial charge on any atom is -0.338 e. The molecule has 0 spiro atoms. The van der Waals surface area contributed by atoms with Gasteiger partial charge in [0.15, 0.2) is 9.84 Å². The van der Waals surface area contributed by atoms with E-state index in [0.717, 1.165) is 18.5 Å². The summed E-state index contributed by atoms with van der Waals surface area (Å²) in [6.45, 7) is 5.97. The molecule has 1 unspecified atom stereocenters. The minimum atomic E-state index is -2.87. The van der Waals surface area contributed by atoms with Gasteiger partial charge in [-0.1, -0.05) is 19.1 Å². The van der Waals surface area contributed by atoms with Crippen LogP contribution in [0.15, 0.2) is 24.3 Å². The topological polar surface area (TPSA) is 83.7 Å². The average molecular weight is 365 g/mol. The van der Waals surface area contributed by atoms with Gasteiger partial charge in [-0.2, -0.15) is 0 Å². The molecule has 2 heterocycles. The second-order valence-electron chi connectivity index (χ2n) is 7.62. The van der Waals surface area contributed by atoms with Gasteiger partial charge in [0.1, 0.15) is 0 Å². The number of nitrogens with zero attached hydrogens (tertiary/aromatic N) is 2. The van der Waals surface area contributed by atoms with Crippen LogP contribution < -0.4 is 5.73 Å². The van der Waals surface area contributed by atoms with Crippen molar-refractivity contribution in [3.8, 4) is 0 Å². The van der Waals surface area contributed by atoms with Crippen molar-refractivity contribution in [1.82, 2.24) is 9.80 Å². The quantitative estimate of drug-likeness (QED) is 0.850. The summed E-state index contributed by atoms with van der Waals surface area (Å²) in [7, 11) is -2.87. The predicted molar refractivity (Wildman–Crippen MR) is 98.1 cm³/mol. The molecule has 2 fully saturated rings. The summed E-state index contributed by atoms with van der Waals surface area (Å²) in [5, 5.41) is 0. The lowest BCUT2D eigenvalue weighted by Crippen LogP contribution is -2.39. The van der Waals surface area contributed by atoms with E-state index in [1.807, 2.05) is 29.2 Å². The Labute approximate surface area is 149 Å². The Hall–Kier alpha value is -1.44. The van der Waals surface area contributed by atoms with E-state index in [0.29, 0.717) is 38.3 Å². The van der Waals surface area contributed by atoms with Gasteiger partial charge in [-0.05, 0) is 36.1 Å². The Morgan fingerprint density at radius 1 is 1.24 bits per heavy atom. The molecule has 0 bridgehead atoms. The number of carbonyl (C=O) groups excluding carboxylic acids is 1. The third kappa shape index (κ3) is 4.40. The van der Waals surface area contributed by atoms with E-state index in [4.69, 9.17) is 5.73 Å². The third-order valence-electron chi connectivity index (χ3n) is 5.36. The molecular weight excluding hydrogens is 338 g/mol. The van der Waals surface area contributed by atoms with E-state index in [-0.39, 0.29) is 22.8 Å². The third-order valence-corrected chi connectivity index (χ3v) is 6.96. The molecule has 0 aromatic heterocycles. The van der Waals surface area contributed by atoms with E-state index in [9.17, 15) is 13.2 Å². The molecule has 25 heavy (non-hydrogen) atoms. The maximum absolute atomic E-state index is 12.8. The van der Waals surface area contributed by atoms with Crippen molar-refractivity contribution < 1.29 is 13.2 Å². The smallest absolute Gasteiger partial charge is 0.253 e. The molecule has 1 amide bonds. The van der Waals surface area contributed by atoms with Crippen LogP contribution in [0.5, 0.6) is 0 Å². The number of benzene rings is 1. The Morgan fingerprint density at radius 3 is 2.60 bits per heavy atom. The number of carbonyl (C=O) groups is 1. The van der Waals surface area contributed by atoms with Crippen LogP contribution in [0, 0.1) is 5.41 Å². The fraction of sp³-hybridized carbons (Fsp3) is 0.611. The van der Waals surface area contributed by atoms with Gasteiger partial charge in [-0.3, -0.25) is 9.69 Å². The largest absolute Gasteiger partial charge is 0.338 e. The summed E-state index contributed by atoms with van der Waals surface area (Å²) in [6.07, 6.45) is 0.942. The zero-order valence-electron chi connectivity index (χ0n) is 14.8. The SMILES string of the molecule is CC1(CN)CCN(C(=O)c2cccc(CN3CCS(=O)(=O)CC3)c2)C1. The molecule has 7 heteroatoms. The lowest BCUT2D eigenvalue weighted by molar-refractivity contribution is 0.0776. The Bertz CT molecular complexity index is 736. The molecule has 2 aliphatic heterocycles. The fourth-order valence-electron chi connectivity index (χ4n) is 3.52. The number of sulfone groups is 1. The van der Waals surface area contributed by atoms with Gasteiger partial charge >= 0.3 is 0 Å². The number of amides is 1. The van der Waals surface area contributed by atoms with E-state index in [1.54, 1.807) is 0 Å². The highest BCUT2D eigenvalue weighted by atomic mass is 32.2. The van der Waals surface area contributed by atoms with Gasteiger partial charge in [0.05, 0.1) is 11.5 Å². The molecule has 1 aromatic rings. The number of hydrogen-bond acceptors (Lipinski definition) is 5. The van der Waals surface area contributed by atoms with Crippen LogP contribution in [-0.4, -0.2) is 68.4 Å². The van der Waals surface area contributed by atoms with Gasteiger partial charge < -0.3 is 10.6 Å². The highest BCUT2D eigenvalue weighted by Crippen LogP contribution is 2.29. The second-order valence-corrected chi connectivity index (χ2v) is 9.92. The molecule has 1 atom stereocenters. The summed E-state index contributed by atoms with van der Waals surface area (Å²) in [6, 6.07) is 7.68. The molecule has 2 aliphatic rings. The second kappa shape index (κ2) is 7.05. The molecule has 0 radical (unpaired) electrons. The van der Waals surface area contributed by atoms with Crippen LogP contribution in [0.2, 0.25) is 0 Å². The number of likely N-dealkylation sites (tertiary alicyclic amines) is 1. The highest BCUT2D eigenvalue weighted by Gasteiger charge is 2.35. The van der Waals surface area contributed by atoms with Crippen molar-refractivity contribution in [3.05, 3.63) is 35.4 Å². The number of hydrogen-bond donors (Lipinski definition) is 1. The minimum absolute atomic E-state index is 0.0204. The summed E-state index contributed by atoms with van der Waals surface area (Å²) in [5.74, 6) is 0.494. The van der Waals surface area contributed by atoms with Crippen LogP contribution in [0.1, 0.15) is 29.3 Å². The van der Waals surface area contributed by atoms with Crippen LogP contribution >= 0.6 is 0 Å². The lowest BCUT2D eigenvalue weighted by atomic mass is 9.90. The molecule has 0 saturated carbocycles. The lowest BCUT2D eigenvalue weighted by Gasteiger charge is -2.26. The maximum atomic E-state index is 12.8. The van der Waals surface area contributed by atoms with Gasteiger partial charge in [-0.25, -0.2) is 8.42 Å². The fourth-order valence-corrected chi connectivity index (χ4v) is 4.79. The van der Waals surface area contributed by atoms with Gasteiger partial charge in [0.25, 0.3) is 5.91 Å². The van der Waals surface area contributed by atoms with E-state index < -0.39 is 9.84 Å². The van der Waals surface area contributed by atoms with E-state index in [1.165, 1.54) is 0 Å². The van der Waals surface area contributed by atoms with Gasteiger partial charge in [0, 0.05) is 38.3 Å². The Kier molecular flexibility index (Phi) is 5.18. The molecule has 2 saturated heterocycles. The van der Waals surface area contributed by atoms with E-state index >= 15 is 0 Å². The van der Waals surface area contributed by atoms with Crippen LogP contribution in [-0.2, 0) is 16.4 Å². The van der Waals surface area contributed by atoms with Gasteiger partial charge in [0.2, 0.25) is 0 Å². The zero-order valence-corrected chi connectivity index (χ0v) is 15.6. The van der Waals surface area contributed by atoms with Crippen molar-refractivity contribution in [2.24, 2.45) is 11.1 Å². The molecule has 0 aliphatic carbocycles. The molecule has 1 aromatic carbocycles. The molecule has 138 valence electrons. The van der Waals surface area contributed by atoms with Crippen molar-refractivity contribution in [3.63, 3.8) is 0 Å². The van der Waals surface area contributed by atoms with Crippen molar-refractivity contribution >= 4 is 15.7 Å². The summed E-state index contributed by atoms with van der Waals surface area (Å²) >= 11 is 0. The first kappa shape index (κ1) is 18.4. The van der Waals surface area contributed by atoms with E-state index in [2.05, 4.69) is 11.8 Å². The summed E-state index contributed by atoms with van der Waals surface area (Å²) < 4.78 is 23.1. The normalized spacial score (nSPS) is 26.7. The molecular formula is C18H27N3O3S. The van der Waals surface area contributed by atoms with Crippen molar-refractivity contribution in [1.29, 1.82) is 0 Å². The molecule has 2 N–H and O–H groups in total. The standard InChI is InChI=1S/C18H27N3O3S/c1-18(13-19)5-6-21(14-18)17(22)16-4-2-3-15(11-16)12-20-7-9-25(23,24)10-8-20/h2-4,11H,5-10,12-14,19H2,1H3. The van der Waals surface area contributed by atoms with Crippen molar-refractivity contribution in [2.75, 3.05) is 44.2 Å². The maximum Gasteiger partial charge on any atom is 0.253 e. The van der Waals surface area contributed by atoms with Crippen molar-refractivity contribution in [2.45, 2.75) is 19.9 Å². The monoisotopic (exact) mass is 365 g/mol. The number of rotatable bonds is 4. The Morgan fingerprint density at radius 2 is 1.96 bits per heavy atom. The van der Waals surface area contributed by atoms with Gasteiger partial charge in [-0.15, -0.1) is 0 Å². The Balaban J connectivity index is 1.65. The molecule has 6 nitrogen and oxygen atoms in total. The first-order chi connectivity index (χ1) is 11.8.